The van der Waals surface area contributed by atoms with Gasteiger partial charge in [-0.25, -0.2) is 4.90 Å². The van der Waals surface area contributed by atoms with Gasteiger partial charge >= 0.3 is 0 Å². The second-order valence-corrected chi connectivity index (χ2v) is 9.69. The zero-order valence-corrected chi connectivity index (χ0v) is 19.5. The van der Waals surface area contributed by atoms with Gasteiger partial charge in [-0.05, 0) is 44.5 Å². The predicted octanol–water partition coefficient (Wildman–Crippen LogP) is 4.01. The summed E-state index contributed by atoms with van der Waals surface area (Å²) >= 11 is 6.89. The number of anilines is 1. The zero-order chi connectivity index (χ0) is 21.7. The van der Waals surface area contributed by atoms with Crippen molar-refractivity contribution in [2.75, 3.05) is 24.6 Å². The normalized spacial score (nSPS) is 24.4. The van der Waals surface area contributed by atoms with Gasteiger partial charge in [-0.1, -0.05) is 43.7 Å². The van der Waals surface area contributed by atoms with Crippen LogP contribution in [0.4, 0.5) is 5.69 Å². The molecule has 6 nitrogen and oxygen atoms in total. The van der Waals surface area contributed by atoms with Crippen molar-refractivity contribution in [2.24, 2.45) is 0 Å². The summed E-state index contributed by atoms with van der Waals surface area (Å²) in [7, 11) is 0. The first-order chi connectivity index (χ1) is 14.4. The van der Waals surface area contributed by atoms with Gasteiger partial charge in [-0.15, -0.1) is 0 Å². The minimum atomic E-state index is -0.483. The third-order valence-electron chi connectivity index (χ3n) is 5.14. The van der Waals surface area contributed by atoms with Crippen molar-refractivity contribution in [2.45, 2.75) is 63.9 Å². The maximum atomic E-state index is 12.9. The molecule has 2 aliphatic rings. The lowest BCUT2D eigenvalue weighted by Gasteiger charge is -2.36. The van der Waals surface area contributed by atoms with Gasteiger partial charge in [0.1, 0.15) is 15.3 Å². The first-order valence-electron chi connectivity index (χ1n) is 10.6. The smallest absolute Gasteiger partial charge is 0.247 e. The van der Waals surface area contributed by atoms with E-state index in [9.17, 15) is 9.59 Å². The molecule has 30 heavy (non-hydrogen) atoms. The van der Waals surface area contributed by atoms with Gasteiger partial charge in [0.05, 0.1) is 24.5 Å². The van der Waals surface area contributed by atoms with Crippen LogP contribution in [0.3, 0.4) is 0 Å². The number of unbranched alkanes of at least 4 members (excludes halogenated alkanes) is 2. The number of hydrogen-bond donors (Lipinski definition) is 0. The number of ether oxygens (including phenoxy) is 2. The minimum absolute atomic E-state index is 0.0902. The number of rotatable bonds is 7. The lowest BCUT2D eigenvalue weighted by molar-refractivity contribution is -0.121. The SMILES string of the molecule is CCCCCOc1ccc(N2C(=O)C[C@H](SC(=S)N3C[C@@H](C)O[C@@H](C)C3)C2=O)cc1. The summed E-state index contributed by atoms with van der Waals surface area (Å²) in [5, 5.41) is -0.483. The van der Waals surface area contributed by atoms with Gasteiger partial charge in [-0.2, -0.15) is 0 Å². The molecule has 1 aromatic carbocycles. The Kier molecular flexibility index (Phi) is 8.13. The minimum Gasteiger partial charge on any atom is -0.494 e. The van der Waals surface area contributed by atoms with Crippen LogP contribution in [-0.4, -0.2) is 58.2 Å². The fourth-order valence-electron chi connectivity index (χ4n) is 3.72. The molecule has 0 N–H and O–H groups in total. The molecule has 2 heterocycles. The number of carbonyl (C=O) groups is 2. The summed E-state index contributed by atoms with van der Waals surface area (Å²) in [6, 6.07) is 7.15. The number of morpholine rings is 1. The molecule has 0 saturated carbocycles. The average Bonchev–Trinajstić information content (AvgIpc) is 2.98. The lowest BCUT2D eigenvalue weighted by atomic mass is 10.2. The van der Waals surface area contributed by atoms with Crippen LogP contribution >= 0.6 is 24.0 Å². The van der Waals surface area contributed by atoms with Crippen molar-refractivity contribution >= 4 is 45.8 Å². The van der Waals surface area contributed by atoms with Crippen LogP contribution in [0.5, 0.6) is 5.75 Å². The molecule has 0 bridgehead atoms. The van der Waals surface area contributed by atoms with Crippen LogP contribution < -0.4 is 9.64 Å². The number of thioether (sulfide) groups is 1. The van der Waals surface area contributed by atoms with E-state index >= 15 is 0 Å². The number of carbonyl (C=O) groups excluding carboxylic acids is 2. The van der Waals surface area contributed by atoms with Crippen molar-refractivity contribution in [1.82, 2.24) is 4.90 Å². The molecule has 2 saturated heterocycles. The topological polar surface area (TPSA) is 59.1 Å². The lowest BCUT2D eigenvalue weighted by Crippen LogP contribution is -2.47. The summed E-state index contributed by atoms with van der Waals surface area (Å²) in [6.07, 6.45) is 3.64. The molecular weight excluding hydrogens is 420 g/mol. The Morgan fingerprint density at radius 3 is 2.47 bits per heavy atom. The van der Waals surface area contributed by atoms with Crippen LogP contribution in [-0.2, 0) is 14.3 Å². The Morgan fingerprint density at radius 1 is 1.17 bits per heavy atom. The Morgan fingerprint density at radius 2 is 1.83 bits per heavy atom. The van der Waals surface area contributed by atoms with E-state index in [0.717, 1.165) is 25.0 Å². The molecular formula is C22H30N2O4S2. The molecule has 0 radical (unpaired) electrons. The van der Waals surface area contributed by atoms with Crippen LogP contribution in [0.25, 0.3) is 0 Å². The highest BCUT2D eigenvalue weighted by molar-refractivity contribution is 8.23. The zero-order valence-electron chi connectivity index (χ0n) is 17.8. The van der Waals surface area contributed by atoms with Crippen molar-refractivity contribution in [1.29, 1.82) is 0 Å². The van der Waals surface area contributed by atoms with Crippen LogP contribution in [0.2, 0.25) is 0 Å². The van der Waals surface area contributed by atoms with Gasteiger partial charge in [-0.3, -0.25) is 9.59 Å². The second kappa shape index (κ2) is 10.6. The van der Waals surface area contributed by atoms with Crippen molar-refractivity contribution < 1.29 is 19.1 Å². The first-order valence-corrected chi connectivity index (χ1v) is 11.9. The maximum absolute atomic E-state index is 12.9. The summed E-state index contributed by atoms with van der Waals surface area (Å²) in [5.74, 6) is 0.343. The highest BCUT2D eigenvalue weighted by Gasteiger charge is 2.41. The molecule has 2 fully saturated rings. The maximum Gasteiger partial charge on any atom is 0.247 e. The molecule has 8 heteroatoms. The average molecular weight is 451 g/mol. The molecule has 0 aliphatic carbocycles. The summed E-state index contributed by atoms with van der Waals surface area (Å²) in [6.45, 7) is 8.25. The highest BCUT2D eigenvalue weighted by atomic mass is 32.2. The molecule has 0 spiro atoms. The number of hydrogen-bond acceptors (Lipinski definition) is 6. The van der Waals surface area contributed by atoms with Crippen LogP contribution in [0.15, 0.2) is 24.3 Å². The van der Waals surface area contributed by atoms with Gasteiger partial charge in [0, 0.05) is 19.5 Å². The molecule has 0 aromatic heterocycles. The standard InChI is InChI=1S/C22H30N2O4S2/c1-4-5-6-11-27-18-9-7-17(8-10-18)24-20(25)12-19(21(24)26)30-22(29)23-13-15(2)28-16(3)14-23/h7-10,15-16,19H,4-6,11-14H2,1-3H3/t15-,16+,19-/m0/s1. The van der Waals surface area contributed by atoms with Crippen LogP contribution in [0, 0.1) is 0 Å². The number of nitrogens with zero attached hydrogens (tertiary/aromatic N) is 2. The summed E-state index contributed by atoms with van der Waals surface area (Å²) in [4.78, 5) is 28.9. The van der Waals surface area contributed by atoms with E-state index in [-0.39, 0.29) is 30.4 Å². The quantitative estimate of drug-likeness (QED) is 0.353. The fraction of sp³-hybridized carbons (Fsp3) is 0.591. The van der Waals surface area contributed by atoms with Crippen molar-refractivity contribution in [3.05, 3.63) is 24.3 Å². The first kappa shape index (κ1) is 23.0. The highest BCUT2D eigenvalue weighted by Crippen LogP contribution is 2.32. The van der Waals surface area contributed by atoms with E-state index < -0.39 is 5.25 Å². The van der Waals surface area contributed by atoms with Gasteiger partial charge in [0.25, 0.3) is 0 Å². The molecule has 3 atom stereocenters. The number of imide groups is 1. The summed E-state index contributed by atoms with van der Waals surface area (Å²) in [5.41, 5.74) is 0.577. The van der Waals surface area contributed by atoms with Crippen molar-refractivity contribution in [3.8, 4) is 5.75 Å². The molecule has 164 valence electrons. The van der Waals surface area contributed by atoms with E-state index in [2.05, 4.69) is 11.8 Å². The Balaban J connectivity index is 1.58. The second-order valence-electron chi connectivity index (χ2n) is 7.86. The van der Waals surface area contributed by atoms with E-state index in [1.165, 1.54) is 16.7 Å². The monoisotopic (exact) mass is 450 g/mol. The largest absolute Gasteiger partial charge is 0.494 e. The van der Waals surface area contributed by atoms with Crippen molar-refractivity contribution in [3.63, 3.8) is 0 Å². The third-order valence-corrected chi connectivity index (χ3v) is 6.80. The molecule has 2 aliphatic heterocycles. The van der Waals surface area contributed by atoms with Crippen LogP contribution in [0.1, 0.15) is 46.5 Å². The van der Waals surface area contributed by atoms with E-state index in [0.29, 0.717) is 29.7 Å². The fourth-order valence-corrected chi connectivity index (χ4v) is 5.20. The van der Waals surface area contributed by atoms with E-state index in [1.807, 2.05) is 26.0 Å². The Bertz CT molecular complexity index is 761. The molecule has 0 unspecified atom stereocenters. The third kappa shape index (κ3) is 5.74. The molecule has 3 rings (SSSR count). The van der Waals surface area contributed by atoms with Gasteiger partial charge < -0.3 is 14.4 Å². The molecule has 2 amide bonds. The number of benzene rings is 1. The van der Waals surface area contributed by atoms with Gasteiger partial charge in [0.2, 0.25) is 11.8 Å². The van der Waals surface area contributed by atoms with E-state index in [1.54, 1.807) is 12.1 Å². The molecule has 1 aromatic rings. The Hall–Kier alpha value is -1.64. The van der Waals surface area contributed by atoms with E-state index in [4.69, 9.17) is 21.7 Å². The Labute approximate surface area is 188 Å². The van der Waals surface area contributed by atoms with Gasteiger partial charge in [0.15, 0.2) is 0 Å². The number of amides is 2. The number of thiocarbonyl (C=S) groups is 1. The predicted molar refractivity (Wildman–Crippen MR) is 124 cm³/mol. The summed E-state index contributed by atoms with van der Waals surface area (Å²) < 4.78 is 12.1.